The summed E-state index contributed by atoms with van der Waals surface area (Å²) in [5.41, 5.74) is 3.20. The van der Waals surface area contributed by atoms with Crippen LogP contribution < -0.4 is 0 Å². The fourth-order valence-electron chi connectivity index (χ4n) is 2.37. The third-order valence-corrected chi connectivity index (χ3v) is 3.19. The molecular formula is C15H17NO2. The van der Waals surface area contributed by atoms with Crippen LogP contribution in [0.3, 0.4) is 0 Å². The number of carbonyl (C=O) groups is 1. The highest BCUT2D eigenvalue weighted by molar-refractivity contribution is 5.68. The van der Waals surface area contributed by atoms with Gasteiger partial charge in [0.05, 0.1) is 12.5 Å². The van der Waals surface area contributed by atoms with E-state index < -0.39 is 5.97 Å². The second-order valence-electron chi connectivity index (χ2n) is 4.51. The van der Waals surface area contributed by atoms with E-state index in [1.54, 1.807) is 0 Å². The summed E-state index contributed by atoms with van der Waals surface area (Å²) in [5.74, 6) is -0.781. The number of aromatic nitrogens is 1. The molecule has 1 N–H and O–H groups in total. The van der Waals surface area contributed by atoms with Gasteiger partial charge in [-0.2, -0.15) is 0 Å². The van der Waals surface area contributed by atoms with Gasteiger partial charge in [-0.3, -0.25) is 4.79 Å². The SMILES string of the molecule is Cc1ccc(C)n1C(CC(=O)O)c1ccccc1. The zero-order valence-corrected chi connectivity index (χ0v) is 10.6. The summed E-state index contributed by atoms with van der Waals surface area (Å²) in [4.78, 5) is 11.1. The van der Waals surface area contributed by atoms with Crippen molar-refractivity contribution in [3.8, 4) is 0 Å². The minimum Gasteiger partial charge on any atom is -0.481 e. The molecule has 0 amide bonds. The van der Waals surface area contributed by atoms with Gasteiger partial charge in [0, 0.05) is 11.4 Å². The first kappa shape index (κ1) is 12.4. The van der Waals surface area contributed by atoms with Crippen LogP contribution in [0.4, 0.5) is 0 Å². The van der Waals surface area contributed by atoms with E-state index in [1.165, 1.54) is 0 Å². The number of aliphatic carboxylic acids is 1. The smallest absolute Gasteiger partial charge is 0.305 e. The van der Waals surface area contributed by atoms with E-state index in [-0.39, 0.29) is 12.5 Å². The van der Waals surface area contributed by atoms with Crippen molar-refractivity contribution in [3.05, 3.63) is 59.4 Å². The number of hydrogen-bond acceptors (Lipinski definition) is 1. The Morgan fingerprint density at radius 1 is 1.11 bits per heavy atom. The summed E-state index contributed by atoms with van der Waals surface area (Å²) < 4.78 is 2.09. The molecule has 0 spiro atoms. The molecule has 0 radical (unpaired) electrons. The van der Waals surface area contributed by atoms with E-state index in [0.29, 0.717) is 0 Å². The van der Waals surface area contributed by atoms with E-state index >= 15 is 0 Å². The summed E-state index contributed by atoms with van der Waals surface area (Å²) in [6.45, 7) is 4.01. The molecule has 1 atom stereocenters. The molecule has 0 aliphatic carbocycles. The van der Waals surface area contributed by atoms with Crippen LogP contribution in [0.1, 0.15) is 29.4 Å². The van der Waals surface area contributed by atoms with Gasteiger partial charge in [0.2, 0.25) is 0 Å². The Morgan fingerprint density at radius 3 is 2.17 bits per heavy atom. The summed E-state index contributed by atoms with van der Waals surface area (Å²) >= 11 is 0. The molecule has 94 valence electrons. The zero-order chi connectivity index (χ0) is 13.1. The maximum absolute atomic E-state index is 11.1. The Hall–Kier alpha value is -2.03. The van der Waals surface area contributed by atoms with E-state index in [4.69, 9.17) is 5.11 Å². The highest BCUT2D eigenvalue weighted by Crippen LogP contribution is 2.26. The van der Waals surface area contributed by atoms with Crippen LogP contribution in [0.15, 0.2) is 42.5 Å². The number of carboxylic acids is 1. The van der Waals surface area contributed by atoms with E-state index in [1.807, 2.05) is 56.3 Å². The lowest BCUT2D eigenvalue weighted by Crippen LogP contribution is -2.17. The van der Waals surface area contributed by atoms with Gasteiger partial charge in [-0.05, 0) is 31.5 Å². The third kappa shape index (κ3) is 2.45. The molecule has 2 aromatic rings. The molecule has 18 heavy (non-hydrogen) atoms. The first-order valence-electron chi connectivity index (χ1n) is 6.00. The molecule has 0 bridgehead atoms. The molecule has 0 aliphatic heterocycles. The van der Waals surface area contributed by atoms with Crippen molar-refractivity contribution < 1.29 is 9.90 Å². The fraction of sp³-hybridized carbons (Fsp3) is 0.267. The number of benzene rings is 1. The molecule has 2 rings (SSSR count). The van der Waals surface area contributed by atoms with Crippen molar-refractivity contribution in [2.75, 3.05) is 0 Å². The summed E-state index contributed by atoms with van der Waals surface area (Å²) in [6, 6.07) is 13.7. The second-order valence-corrected chi connectivity index (χ2v) is 4.51. The van der Waals surface area contributed by atoms with Crippen LogP contribution in [0, 0.1) is 13.8 Å². The number of carboxylic acid groups (broad SMARTS) is 1. The lowest BCUT2D eigenvalue weighted by Gasteiger charge is -2.21. The highest BCUT2D eigenvalue weighted by atomic mass is 16.4. The van der Waals surface area contributed by atoms with Crippen molar-refractivity contribution in [3.63, 3.8) is 0 Å². The molecule has 1 unspecified atom stereocenters. The van der Waals surface area contributed by atoms with Crippen LogP contribution in [0.25, 0.3) is 0 Å². The standard InChI is InChI=1S/C15H17NO2/c1-11-8-9-12(2)16(11)14(10-15(17)18)13-6-4-3-5-7-13/h3-9,14H,10H2,1-2H3,(H,17,18). The maximum Gasteiger partial charge on any atom is 0.305 e. The quantitative estimate of drug-likeness (QED) is 0.896. The van der Waals surface area contributed by atoms with Crippen molar-refractivity contribution in [2.45, 2.75) is 26.3 Å². The number of hydrogen-bond donors (Lipinski definition) is 1. The van der Waals surface area contributed by atoms with Crippen LogP contribution in [-0.4, -0.2) is 15.6 Å². The van der Waals surface area contributed by atoms with Gasteiger partial charge in [0.1, 0.15) is 0 Å². The number of aryl methyl sites for hydroxylation is 2. The first-order chi connectivity index (χ1) is 8.59. The number of nitrogens with zero attached hydrogens (tertiary/aromatic N) is 1. The molecule has 1 aromatic carbocycles. The van der Waals surface area contributed by atoms with Gasteiger partial charge in [-0.25, -0.2) is 0 Å². The lowest BCUT2D eigenvalue weighted by atomic mass is 10.0. The Labute approximate surface area is 107 Å². The third-order valence-electron chi connectivity index (χ3n) is 3.19. The minimum absolute atomic E-state index is 0.0976. The molecule has 0 saturated carbocycles. The van der Waals surface area contributed by atoms with Crippen LogP contribution in [0.2, 0.25) is 0 Å². The molecule has 3 nitrogen and oxygen atoms in total. The topological polar surface area (TPSA) is 42.2 Å². The first-order valence-corrected chi connectivity index (χ1v) is 6.00. The van der Waals surface area contributed by atoms with Gasteiger partial charge < -0.3 is 9.67 Å². The molecular weight excluding hydrogens is 226 g/mol. The normalized spacial score (nSPS) is 12.3. The molecule has 0 saturated heterocycles. The summed E-state index contributed by atoms with van der Waals surface area (Å²) in [6.07, 6.45) is 0.0976. The maximum atomic E-state index is 11.1. The molecule has 1 heterocycles. The average molecular weight is 243 g/mol. The number of rotatable bonds is 4. The van der Waals surface area contributed by atoms with E-state index in [2.05, 4.69) is 4.57 Å². The Bertz CT molecular complexity index is 523. The largest absolute Gasteiger partial charge is 0.481 e. The van der Waals surface area contributed by atoms with Crippen molar-refractivity contribution >= 4 is 5.97 Å². The highest BCUT2D eigenvalue weighted by Gasteiger charge is 2.19. The summed E-state index contributed by atoms with van der Waals surface area (Å²) in [5, 5.41) is 9.11. The molecule has 0 aliphatic rings. The predicted octanol–water partition coefficient (Wildman–Crippen LogP) is 3.17. The average Bonchev–Trinajstić information content (AvgIpc) is 2.67. The monoisotopic (exact) mass is 243 g/mol. The van der Waals surface area contributed by atoms with Crippen molar-refractivity contribution in [1.82, 2.24) is 4.57 Å². The minimum atomic E-state index is -0.781. The van der Waals surface area contributed by atoms with Gasteiger partial charge in [-0.15, -0.1) is 0 Å². The fourth-order valence-corrected chi connectivity index (χ4v) is 2.37. The Balaban J connectivity index is 2.47. The van der Waals surface area contributed by atoms with Gasteiger partial charge in [-0.1, -0.05) is 30.3 Å². The predicted molar refractivity (Wildman–Crippen MR) is 70.7 cm³/mol. The van der Waals surface area contributed by atoms with Crippen LogP contribution >= 0.6 is 0 Å². The van der Waals surface area contributed by atoms with Gasteiger partial charge in [0.25, 0.3) is 0 Å². The van der Waals surface area contributed by atoms with Gasteiger partial charge in [0.15, 0.2) is 0 Å². The zero-order valence-electron chi connectivity index (χ0n) is 10.6. The van der Waals surface area contributed by atoms with E-state index in [9.17, 15) is 4.79 Å². The molecule has 0 fully saturated rings. The van der Waals surface area contributed by atoms with Crippen LogP contribution in [-0.2, 0) is 4.79 Å². The molecule has 1 aromatic heterocycles. The Kier molecular flexibility index (Phi) is 3.51. The Morgan fingerprint density at radius 2 is 1.67 bits per heavy atom. The summed E-state index contributed by atoms with van der Waals surface area (Å²) in [7, 11) is 0. The van der Waals surface area contributed by atoms with Crippen molar-refractivity contribution in [2.24, 2.45) is 0 Å². The van der Waals surface area contributed by atoms with Gasteiger partial charge >= 0.3 is 5.97 Å². The van der Waals surface area contributed by atoms with Crippen molar-refractivity contribution in [1.29, 1.82) is 0 Å². The van der Waals surface area contributed by atoms with E-state index in [0.717, 1.165) is 17.0 Å². The molecule has 3 heteroatoms. The lowest BCUT2D eigenvalue weighted by molar-refractivity contribution is -0.137. The van der Waals surface area contributed by atoms with Crippen LogP contribution in [0.5, 0.6) is 0 Å². The second kappa shape index (κ2) is 5.08.